The minimum Gasteiger partial charge on any atom is -0.455 e. The maximum atomic E-state index is 14.2. The number of anilines is 2. The number of imide groups is 2. The highest BCUT2D eigenvalue weighted by Gasteiger charge is 2.45. The average molecular weight is 1190 g/mol. The van der Waals surface area contributed by atoms with Gasteiger partial charge >= 0.3 is 0 Å². The third-order valence-corrected chi connectivity index (χ3v) is 18.3. The van der Waals surface area contributed by atoms with Crippen LogP contribution in [0, 0.1) is 33.3 Å². The Kier molecular flexibility index (Phi) is 16.9. The van der Waals surface area contributed by atoms with E-state index in [0.717, 1.165) is 86.9 Å². The minimum atomic E-state index is -4.66. The smallest absolute Gasteiger partial charge is 0.293 e. The zero-order valence-electron chi connectivity index (χ0n) is 47.2. The summed E-state index contributed by atoms with van der Waals surface area (Å²) >= 11 is 6.27. The van der Waals surface area contributed by atoms with Crippen LogP contribution in [0.4, 0.5) is 17.1 Å². The summed E-state index contributed by atoms with van der Waals surface area (Å²) < 4.78 is 36.5. The number of benzene rings is 4. The number of piperazine rings is 1. The lowest BCUT2D eigenvalue weighted by molar-refractivity contribution is -0.384. The van der Waals surface area contributed by atoms with Crippen molar-refractivity contribution in [3.63, 3.8) is 0 Å². The molecule has 3 fully saturated rings. The molecule has 1 aliphatic carbocycles. The number of halogens is 1. The van der Waals surface area contributed by atoms with Gasteiger partial charge in [-0.25, -0.2) is 18.1 Å². The number of pyridine rings is 1. The molecule has 11 rings (SSSR count). The van der Waals surface area contributed by atoms with Crippen molar-refractivity contribution < 1.29 is 42.1 Å². The molecular weight excluding hydrogens is 1120 g/mol. The van der Waals surface area contributed by atoms with E-state index >= 15 is 0 Å². The Hall–Kier alpha value is -8.42. The number of likely N-dealkylation sites (tertiary alicyclic amines) is 1. The predicted octanol–water partition coefficient (Wildman–Crippen LogP) is 9.18. The second-order valence-corrected chi connectivity index (χ2v) is 25.3. The van der Waals surface area contributed by atoms with E-state index in [1.807, 2.05) is 18.2 Å². The summed E-state index contributed by atoms with van der Waals surface area (Å²) in [5.74, 6) is 3.40. The number of ether oxygens (including phenoxy) is 1. The van der Waals surface area contributed by atoms with Crippen LogP contribution in [0.15, 0.2) is 114 Å². The van der Waals surface area contributed by atoms with Crippen LogP contribution in [0.2, 0.25) is 5.02 Å². The molecule has 0 saturated carbocycles. The lowest BCUT2D eigenvalue weighted by Crippen LogP contribution is -2.54. The SMILES string of the molecule is CC1(C)CCC(CN2CCN(c3ccc(C(=O)NS(=O)(=O)c4ccc(NCC5CCCN(CCCC#Cc6cccc7c6C(=O)N(C6CCC(=O)NC6=O)C7=O)C5)c([N+](=O)[O-])c4)c(Oc4cnc5[nH]ccc5c4)c3)CC2)=C(c2ccc(Cl)cc2)C1. The van der Waals surface area contributed by atoms with Crippen molar-refractivity contribution in [1.29, 1.82) is 0 Å². The van der Waals surface area contributed by atoms with E-state index in [4.69, 9.17) is 16.3 Å². The number of aromatic nitrogens is 2. The number of nitro benzene ring substituents is 1. The van der Waals surface area contributed by atoms with E-state index in [2.05, 4.69) is 77.8 Å². The molecule has 4 N–H and O–H groups in total. The minimum absolute atomic E-state index is 0.0238. The summed E-state index contributed by atoms with van der Waals surface area (Å²) in [5, 5.41) is 19.4. The summed E-state index contributed by atoms with van der Waals surface area (Å²) in [6, 6.07) is 24.0. The average Bonchev–Trinajstić information content (AvgIpc) is 2.89. The highest BCUT2D eigenvalue weighted by Crippen LogP contribution is 2.44. The number of carbonyl (C=O) groups is 5. The Morgan fingerprint density at radius 3 is 2.53 bits per heavy atom. The Bertz CT molecular complexity index is 3860. The Morgan fingerprint density at radius 1 is 0.929 bits per heavy atom. The van der Waals surface area contributed by atoms with E-state index < -0.39 is 61.1 Å². The summed E-state index contributed by atoms with van der Waals surface area (Å²) in [4.78, 5) is 91.9. The summed E-state index contributed by atoms with van der Waals surface area (Å²) in [6.45, 7) is 11.1. The van der Waals surface area contributed by atoms with Crippen molar-refractivity contribution >= 4 is 84.8 Å². The number of carbonyl (C=O) groups excluding carboxylic acids is 5. The fourth-order valence-electron chi connectivity index (χ4n) is 12.1. The molecule has 0 spiro atoms. The maximum absolute atomic E-state index is 14.2. The van der Waals surface area contributed by atoms with Gasteiger partial charge in [0.15, 0.2) is 0 Å². The monoisotopic (exact) mass is 1190 g/mol. The van der Waals surface area contributed by atoms with Gasteiger partial charge < -0.3 is 24.8 Å². The third-order valence-electron chi connectivity index (χ3n) is 16.7. The van der Waals surface area contributed by atoms with Crippen molar-refractivity contribution in [2.75, 3.05) is 69.1 Å². The Morgan fingerprint density at radius 2 is 1.74 bits per heavy atom. The molecule has 4 aliphatic heterocycles. The number of H-pyrrole nitrogens is 1. The number of rotatable bonds is 17. The highest BCUT2D eigenvalue weighted by atomic mass is 35.5. The second-order valence-electron chi connectivity index (χ2n) is 23.2. The molecule has 5 aliphatic rings. The lowest BCUT2D eigenvalue weighted by atomic mass is 9.72. The zero-order valence-corrected chi connectivity index (χ0v) is 48.8. The number of hydrogen-bond acceptors (Lipinski definition) is 15. The van der Waals surface area contributed by atoms with Gasteiger partial charge in [-0.3, -0.25) is 49.2 Å². The molecule has 6 heterocycles. The van der Waals surface area contributed by atoms with Crippen molar-refractivity contribution in [2.45, 2.75) is 82.6 Å². The topological polar surface area (TPSA) is 250 Å². The largest absolute Gasteiger partial charge is 0.455 e. The van der Waals surface area contributed by atoms with Crippen LogP contribution < -0.4 is 25.0 Å². The number of nitrogens with zero attached hydrogens (tertiary/aromatic N) is 6. The van der Waals surface area contributed by atoms with Crippen molar-refractivity contribution in [3.05, 3.63) is 152 Å². The number of nitrogens with one attached hydrogen (secondary N) is 4. The summed E-state index contributed by atoms with van der Waals surface area (Å²) in [5.41, 5.74) is 5.97. The number of sulfonamides is 1. The first kappa shape index (κ1) is 58.4. The van der Waals surface area contributed by atoms with Crippen molar-refractivity contribution in [3.8, 4) is 23.3 Å². The number of fused-ring (bicyclic) bond motifs is 2. The molecule has 6 aromatic rings. The number of nitro groups is 1. The third kappa shape index (κ3) is 13.1. The quantitative estimate of drug-likeness (QED) is 0.0218. The number of piperidine rings is 2. The fraction of sp³-hybridized carbons (Fsp3) is 0.365. The number of amides is 5. The summed E-state index contributed by atoms with van der Waals surface area (Å²) in [7, 11) is -4.66. The number of aromatic amines is 1. The molecule has 2 atom stereocenters. The molecule has 440 valence electrons. The van der Waals surface area contributed by atoms with Crippen LogP contribution in [0.3, 0.4) is 0 Å². The zero-order chi connectivity index (χ0) is 59.6. The molecule has 20 nitrogen and oxygen atoms in total. The van der Waals surface area contributed by atoms with Gasteiger partial charge in [0.05, 0.1) is 32.7 Å². The molecule has 0 bridgehead atoms. The van der Waals surface area contributed by atoms with Gasteiger partial charge in [0.1, 0.15) is 28.9 Å². The van der Waals surface area contributed by atoms with Gasteiger partial charge in [0.2, 0.25) is 11.8 Å². The van der Waals surface area contributed by atoms with Crippen LogP contribution in [0.5, 0.6) is 11.5 Å². The number of unbranched alkanes of at least 4 members (excludes halogenated alkanes) is 1. The first-order valence-electron chi connectivity index (χ1n) is 28.7. The lowest BCUT2D eigenvalue weighted by Gasteiger charge is -2.39. The molecule has 3 saturated heterocycles. The number of allylic oxidation sites excluding steroid dienone is 1. The van der Waals surface area contributed by atoms with Crippen LogP contribution in [0.25, 0.3) is 16.6 Å². The van der Waals surface area contributed by atoms with Gasteiger partial charge in [-0.05, 0) is 141 Å². The van der Waals surface area contributed by atoms with Crippen LogP contribution in [-0.2, 0) is 19.6 Å². The maximum Gasteiger partial charge on any atom is 0.293 e. The summed E-state index contributed by atoms with van der Waals surface area (Å²) in [6.07, 6.45) is 9.44. The van der Waals surface area contributed by atoms with E-state index in [-0.39, 0.29) is 52.3 Å². The molecule has 0 radical (unpaired) electrons. The molecular formula is C63H65ClN10O10S. The first-order valence-corrected chi connectivity index (χ1v) is 30.6. The predicted molar refractivity (Wildman–Crippen MR) is 322 cm³/mol. The van der Waals surface area contributed by atoms with Crippen LogP contribution in [0.1, 0.15) is 114 Å². The van der Waals surface area contributed by atoms with Gasteiger partial charge in [-0.1, -0.05) is 61.1 Å². The molecule has 4 aromatic carbocycles. The van der Waals surface area contributed by atoms with E-state index in [0.29, 0.717) is 61.0 Å². The van der Waals surface area contributed by atoms with E-state index in [1.165, 1.54) is 47.2 Å². The molecule has 2 aromatic heterocycles. The number of hydrogen-bond donors (Lipinski definition) is 4. The Balaban J connectivity index is 0.713. The van der Waals surface area contributed by atoms with Crippen molar-refractivity contribution in [2.24, 2.45) is 11.3 Å². The van der Waals surface area contributed by atoms with Gasteiger partial charge in [-0.2, -0.15) is 0 Å². The van der Waals surface area contributed by atoms with Crippen LogP contribution in [-0.4, -0.2) is 132 Å². The Labute approximate surface area is 497 Å². The molecule has 2 unspecified atom stereocenters. The van der Waals surface area contributed by atoms with E-state index in [1.54, 1.807) is 36.5 Å². The van der Waals surface area contributed by atoms with Gasteiger partial charge in [0, 0.05) is 98.6 Å². The van der Waals surface area contributed by atoms with Crippen LogP contribution >= 0.6 is 11.6 Å². The molecule has 22 heteroatoms. The van der Waals surface area contributed by atoms with Gasteiger partial charge in [0.25, 0.3) is 33.4 Å². The molecule has 5 amide bonds. The standard InChI is InChI=1S/C63H65ClN10O10S/c1-63(2)24-22-44(51(35-63)41-12-14-45(64)15-13-41)39-71-28-30-72(31-29-71)46-16-18-49(55(33-46)84-47-32-43-23-25-65-58(43)67-37-47)59(76)69-85(82,83)48-17-19-52(54(34-48)74(80)81)66-36-40-8-7-27-70(38-40)26-5-3-4-9-42-10-6-11-50-57(42)62(79)73(61(50)78)53-20-21-56(75)68-60(53)77/h6,10-19,23,25,32-34,37,40,53,66H,3,5,7-8,20-22,24,26-31,35-36,38-39H2,1-2H3,(H,65,67)(H,69,76)(H,68,75,77). The first-order chi connectivity index (χ1) is 40.9. The normalized spacial score (nSPS) is 19.3. The fourth-order valence-corrected chi connectivity index (χ4v) is 13.3. The molecule has 85 heavy (non-hydrogen) atoms. The van der Waals surface area contributed by atoms with E-state index in [9.17, 15) is 42.5 Å². The van der Waals surface area contributed by atoms with Gasteiger partial charge in [-0.15, -0.1) is 0 Å². The second kappa shape index (κ2) is 24.7. The van der Waals surface area contributed by atoms with Crippen molar-refractivity contribution in [1.82, 2.24) is 34.7 Å². The highest BCUT2D eigenvalue weighted by molar-refractivity contribution is 7.90.